The van der Waals surface area contributed by atoms with E-state index in [2.05, 4.69) is 60.5 Å². The smallest absolute Gasteiger partial charge is 0.249 e. The lowest BCUT2D eigenvalue weighted by molar-refractivity contribution is -0.117. The molecule has 3 N–H and O–H groups in total. The first-order chi connectivity index (χ1) is 14.6. The number of hydrogen-bond acceptors (Lipinski definition) is 3. The van der Waals surface area contributed by atoms with Crippen molar-refractivity contribution in [3.8, 4) is 0 Å². The molecule has 1 aliphatic heterocycles. The molecule has 1 aliphatic carbocycles. The fraction of sp³-hybridized carbons (Fsp3) is 0.423. The van der Waals surface area contributed by atoms with Crippen molar-refractivity contribution in [3.63, 3.8) is 0 Å². The average Bonchev–Trinajstić information content (AvgIpc) is 3.10. The summed E-state index contributed by atoms with van der Waals surface area (Å²) in [7, 11) is 0. The van der Waals surface area contributed by atoms with Gasteiger partial charge in [0.2, 0.25) is 5.91 Å². The Morgan fingerprint density at radius 2 is 1.83 bits per heavy atom. The number of rotatable bonds is 6. The van der Waals surface area contributed by atoms with Gasteiger partial charge in [-0.05, 0) is 67.9 Å². The zero-order valence-corrected chi connectivity index (χ0v) is 18.3. The SMILES string of the molecule is CCc1cc(C)cc2c1C(N)=C(C(=O)NCCc1ccc(N3CCCCC3)cc1)C2. The van der Waals surface area contributed by atoms with E-state index in [1.165, 1.54) is 47.2 Å². The van der Waals surface area contributed by atoms with Crippen LogP contribution in [0.15, 0.2) is 42.0 Å². The highest BCUT2D eigenvalue weighted by Gasteiger charge is 2.26. The van der Waals surface area contributed by atoms with Crippen LogP contribution in [0.5, 0.6) is 0 Å². The minimum atomic E-state index is -0.0339. The van der Waals surface area contributed by atoms with E-state index in [4.69, 9.17) is 5.73 Å². The van der Waals surface area contributed by atoms with Gasteiger partial charge in [0, 0.05) is 48.6 Å². The largest absolute Gasteiger partial charge is 0.398 e. The predicted molar refractivity (Wildman–Crippen MR) is 125 cm³/mol. The quantitative estimate of drug-likeness (QED) is 0.762. The minimum absolute atomic E-state index is 0.0339. The molecule has 1 saturated heterocycles. The van der Waals surface area contributed by atoms with Gasteiger partial charge in [0.1, 0.15) is 0 Å². The lowest BCUT2D eigenvalue weighted by atomic mass is 9.97. The van der Waals surface area contributed by atoms with E-state index < -0.39 is 0 Å². The third kappa shape index (κ3) is 4.23. The van der Waals surface area contributed by atoms with Crippen LogP contribution in [0.1, 0.15) is 54.0 Å². The zero-order chi connectivity index (χ0) is 21.1. The molecule has 2 aromatic rings. The molecule has 30 heavy (non-hydrogen) atoms. The molecule has 1 heterocycles. The van der Waals surface area contributed by atoms with Gasteiger partial charge in [-0.2, -0.15) is 0 Å². The number of carbonyl (C=O) groups excluding carboxylic acids is 1. The van der Waals surface area contributed by atoms with E-state index in [1.807, 2.05) is 0 Å². The lowest BCUT2D eigenvalue weighted by Gasteiger charge is -2.28. The summed E-state index contributed by atoms with van der Waals surface area (Å²) in [6, 6.07) is 13.1. The Hall–Kier alpha value is -2.75. The number of aryl methyl sites for hydroxylation is 2. The van der Waals surface area contributed by atoms with Crippen LogP contribution in [0.4, 0.5) is 5.69 Å². The van der Waals surface area contributed by atoms with Crippen LogP contribution in [-0.4, -0.2) is 25.5 Å². The molecule has 0 unspecified atom stereocenters. The maximum atomic E-state index is 12.8. The maximum absolute atomic E-state index is 12.8. The molecule has 4 rings (SSSR count). The predicted octanol–water partition coefficient (Wildman–Crippen LogP) is 4.13. The molecule has 158 valence electrons. The summed E-state index contributed by atoms with van der Waals surface area (Å²) in [6.07, 6.45) is 6.30. The molecule has 2 aromatic carbocycles. The first-order valence-corrected chi connectivity index (χ1v) is 11.3. The summed E-state index contributed by atoms with van der Waals surface area (Å²) >= 11 is 0. The van der Waals surface area contributed by atoms with Gasteiger partial charge < -0.3 is 16.0 Å². The van der Waals surface area contributed by atoms with Crippen molar-refractivity contribution in [1.29, 1.82) is 0 Å². The fourth-order valence-corrected chi connectivity index (χ4v) is 4.80. The summed E-state index contributed by atoms with van der Waals surface area (Å²) in [6.45, 7) is 7.18. The number of carbonyl (C=O) groups is 1. The van der Waals surface area contributed by atoms with Crippen molar-refractivity contribution in [2.45, 2.75) is 52.4 Å². The van der Waals surface area contributed by atoms with Crippen LogP contribution in [0.25, 0.3) is 5.70 Å². The minimum Gasteiger partial charge on any atom is -0.398 e. The number of nitrogens with zero attached hydrogens (tertiary/aromatic N) is 1. The lowest BCUT2D eigenvalue weighted by Crippen LogP contribution is -2.29. The Morgan fingerprint density at radius 3 is 2.53 bits per heavy atom. The molecule has 1 fully saturated rings. The van der Waals surface area contributed by atoms with Gasteiger partial charge in [0.05, 0.1) is 0 Å². The molecular formula is C26H33N3O. The number of benzene rings is 2. The van der Waals surface area contributed by atoms with E-state index in [0.29, 0.717) is 24.2 Å². The first kappa shape index (κ1) is 20.5. The maximum Gasteiger partial charge on any atom is 0.249 e. The van der Waals surface area contributed by atoms with E-state index in [0.717, 1.165) is 31.5 Å². The summed E-state index contributed by atoms with van der Waals surface area (Å²) < 4.78 is 0. The number of nitrogens with one attached hydrogen (secondary N) is 1. The summed E-state index contributed by atoms with van der Waals surface area (Å²) in [4.78, 5) is 15.3. The third-order valence-corrected chi connectivity index (χ3v) is 6.42. The van der Waals surface area contributed by atoms with Gasteiger partial charge in [-0.15, -0.1) is 0 Å². The highest BCUT2D eigenvalue weighted by atomic mass is 16.1. The van der Waals surface area contributed by atoms with E-state index in [1.54, 1.807) is 0 Å². The van der Waals surface area contributed by atoms with Crippen LogP contribution < -0.4 is 16.0 Å². The van der Waals surface area contributed by atoms with Gasteiger partial charge in [-0.3, -0.25) is 4.79 Å². The van der Waals surface area contributed by atoms with E-state index >= 15 is 0 Å². The highest BCUT2D eigenvalue weighted by Crippen LogP contribution is 2.33. The number of piperidine rings is 1. The number of nitrogens with two attached hydrogens (primary N) is 1. The molecule has 2 aliphatic rings. The normalized spacial score (nSPS) is 16.0. The van der Waals surface area contributed by atoms with E-state index in [9.17, 15) is 4.79 Å². The van der Waals surface area contributed by atoms with Crippen molar-refractivity contribution in [2.24, 2.45) is 5.73 Å². The molecule has 0 saturated carbocycles. The molecule has 4 nitrogen and oxygen atoms in total. The number of anilines is 1. The third-order valence-electron chi connectivity index (χ3n) is 6.42. The van der Waals surface area contributed by atoms with Gasteiger partial charge in [0.15, 0.2) is 0 Å². The molecule has 1 amide bonds. The monoisotopic (exact) mass is 403 g/mol. The molecule has 4 heteroatoms. The molecule has 0 bridgehead atoms. The van der Waals surface area contributed by atoms with Crippen molar-refractivity contribution in [2.75, 3.05) is 24.5 Å². The fourth-order valence-electron chi connectivity index (χ4n) is 4.80. The Balaban J connectivity index is 1.34. The Labute approximate surface area is 180 Å². The van der Waals surface area contributed by atoms with Crippen molar-refractivity contribution < 1.29 is 4.79 Å². The Bertz CT molecular complexity index is 953. The van der Waals surface area contributed by atoms with Crippen LogP contribution in [0.2, 0.25) is 0 Å². The zero-order valence-electron chi connectivity index (χ0n) is 18.3. The van der Waals surface area contributed by atoms with Gasteiger partial charge in [-0.25, -0.2) is 0 Å². The van der Waals surface area contributed by atoms with Crippen molar-refractivity contribution in [1.82, 2.24) is 5.32 Å². The molecule has 0 aromatic heterocycles. The molecule has 0 atom stereocenters. The average molecular weight is 404 g/mol. The van der Waals surface area contributed by atoms with Gasteiger partial charge in [0.25, 0.3) is 0 Å². The van der Waals surface area contributed by atoms with Crippen molar-refractivity contribution in [3.05, 3.63) is 69.8 Å². The Kier molecular flexibility index (Phi) is 6.12. The summed E-state index contributed by atoms with van der Waals surface area (Å²) in [5, 5.41) is 3.08. The van der Waals surface area contributed by atoms with Crippen LogP contribution in [0.3, 0.4) is 0 Å². The second kappa shape index (κ2) is 8.95. The molecule has 0 radical (unpaired) electrons. The second-order valence-electron chi connectivity index (χ2n) is 8.60. The molecule has 0 spiro atoms. The number of amides is 1. The first-order valence-electron chi connectivity index (χ1n) is 11.3. The number of fused-ring (bicyclic) bond motifs is 1. The standard InChI is InChI=1S/C26H33N3O/c1-3-20-15-18(2)16-21-17-23(25(27)24(20)21)26(30)28-12-11-19-7-9-22(10-8-19)29-13-5-4-6-14-29/h7-10,15-16H,3-6,11-14,17,27H2,1-2H3,(H,28,30). The van der Waals surface area contributed by atoms with Crippen LogP contribution in [0, 0.1) is 6.92 Å². The van der Waals surface area contributed by atoms with Gasteiger partial charge in [-0.1, -0.05) is 36.8 Å². The van der Waals surface area contributed by atoms with Crippen LogP contribution in [-0.2, 0) is 24.1 Å². The Morgan fingerprint density at radius 1 is 1.10 bits per heavy atom. The van der Waals surface area contributed by atoms with Crippen LogP contribution >= 0.6 is 0 Å². The summed E-state index contributed by atoms with van der Waals surface area (Å²) in [5.74, 6) is -0.0339. The topological polar surface area (TPSA) is 58.4 Å². The van der Waals surface area contributed by atoms with Crippen molar-refractivity contribution >= 4 is 17.3 Å². The summed E-state index contributed by atoms with van der Waals surface area (Å²) in [5.41, 5.74) is 15.1. The number of hydrogen-bond donors (Lipinski definition) is 2. The highest BCUT2D eigenvalue weighted by molar-refractivity contribution is 6.03. The van der Waals surface area contributed by atoms with Gasteiger partial charge >= 0.3 is 0 Å². The second-order valence-corrected chi connectivity index (χ2v) is 8.60. The molecular weight excluding hydrogens is 370 g/mol. The van der Waals surface area contributed by atoms with E-state index in [-0.39, 0.29) is 5.91 Å².